The Morgan fingerprint density at radius 2 is 1.45 bits per heavy atom. The second-order valence-corrected chi connectivity index (χ2v) is 8.03. The fraction of sp³-hybridized carbons (Fsp3) is 0.947. The van der Waals surface area contributed by atoms with Crippen LogP contribution in [0.25, 0.3) is 0 Å². The zero-order valence-electron chi connectivity index (χ0n) is 14.1. The van der Waals surface area contributed by atoms with Gasteiger partial charge < -0.3 is 10.6 Å². The summed E-state index contributed by atoms with van der Waals surface area (Å²) in [5, 5.41) is 6.93. The van der Waals surface area contributed by atoms with Gasteiger partial charge in [-0.3, -0.25) is 4.79 Å². The van der Waals surface area contributed by atoms with Crippen molar-refractivity contribution in [2.75, 3.05) is 6.54 Å². The predicted octanol–water partition coefficient (Wildman–Crippen LogP) is 3.77. The Kier molecular flexibility index (Phi) is 6.17. The molecule has 0 heterocycles. The third kappa shape index (κ3) is 4.97. The molecule has 0 bridgehead atoms. The molecule has 3 aliphatic carbocycles. The van der Waals surface area contributed by atoms with Gasteiger partial charge in [-0.05, 0) is 50.5 Å². The van der Waals surface area contributed by atoms with E-state index in [1.807, 2.05) is 0 Å². The van der Waals surface area contributed by atoms with Crippen molar-refractivity contribution in [2.45, 2.75) is 95.6 Å². The molecule has 0 aromatic rings. The van der Waals surface area contributed by atoms with Crippen molar-refractivity contribution in [3.8, 4) is 0 Å². The van der Waals surface area contributed by atoms with Gasteiger partial charge in [0, 0.05) is 18.5 Å². The van der Waals surface area contributed by atoms with Crippen molar-refractivity contribution in [1.29, 1.82) is 0 Å². The van der Waals surface area contributed by atoms with Gasteiger partial charge in [0.25, 0.3) is 0 Å². The normalized spacial score (nSPS) is 30.2. The third-order valence-electron chi connectivity index (χ3n) is 6.16. The molecule has 126 valence electrons. The summed E-state index contributed by atoms with van der Waals surface area (Å²) in [7, 11) is 0. The molecule has 3 heteroatoms. The van der Waals surface area contributed by atoms with Crippen LogP contribution in [0.5, 0.6) is 0 Å². The van der Waals surface area contributed by atoms with E-state index in [1.54, 1.807) is 0 Å². The van der Waals surface area contributed by atoms with Crippen LogP contribution < -0.4 is 10.6 Å². The van der Waals surface area contributed by atoms with Gasteiger partial charge in [0.05, 0.1) is 0 Å². The Morgan fingerprint density at radius 1 is 0.818 bits per heavy atom. The average Bonchev–Trinajstić information content (AvgIpc) is 2.99. The number of rotatable bonds is 7. The maximum absolute atomic E-state index is 12.1. The molecule has 3 rings (SSSR count). The lowest BCUT2D eigenvalue weighted by atomic mass is 9.84. The molecule has 3 nitrogen and oxygen atoms in total. The van der Waals surface area contributed by atoms with Crippen LogP contribution in [0.1, 0.15) is 83.5 Å². The summed E-state index contributed by atoms with van der Waals surface area (Å²) in [6.07, 6.45) is 16.8. The standard InChI is InChI=1S/C19H34N2O/c22-19(12-16-8-2-1-3-9-16)21-18-13-17(14-18)20-11-10-15-6-4-5-7-15/h15-18,20H,1-14H2,(H,21,22). The molecule has 0 aromatic carbocycles. The van der Waals surface area contributed by atoms with Crippen molar-refractivity contribution in [2.24, 2.45) is 11.8 Å². The number of nitrogens with one attached hydrogen (secondary N) is 2. The number of hydrogen-bond acceptors (Lipinski definition) is 2. The molecule has 0 radical (unpaired) electrons. The monoisotopic (exact) mass is 306 g/mol. The molecule has 0 aliphatic heterocycles. The SMILES string of the molecule is O=C(CC1CCCCC1)NC1CC(NCCC2CCCC2)C1. The van der Waals surface area contributed by atoms with Crippen molar-refractivity contribution in [3.63, 3.8) is 0 Å². The minimum atomic E-state index is 0.307. The number of carbonyl (C=O) groups is 1. The Balaban J connectivity index is 1.21. The van der Waals surface area contributed by atoms with Crippen LogP contribution in [0.2, 0.25) is 0 Å². The summed E-state index contributed by atoms with van der Waals surface area (Å²) in [6.45, 7) is 1.18. The van der Waals surface area contributed by atoms with Crippen molar-refractivity contribution >= 4 is 5.91 Å². The van der Waals surface area contributed by atoms with E-state index in [9.17, 15) is 4.79 Å². The highest BCUT2D eigenvalue weighted by atomic mass is 16.1. The van der Waals surface area contributed by atoms with Gasteiger partial charge >= 0.3 is 0 Å². The summed E-state index contributed by atoms with van der Waals surface area (Å²) in [6, 6.07) is 1.10. The van der Waals surface area contributed by atoms with Gasteiger partial charge in [-0.15, -0.1) is 0 Å². The first-order chi connectivity index (χ1) is 10.8. The van der Waals surface area contributed by atoms with E-state index in [0.717, 1.165) is 25.2 Å². The number of amides is 1. The molecule has 1 amide bonds. The molecule has 0 aromatic heterocycles. The molecular formula is C19H34N2O. The van der Waals surface area contributed by atoms with Crippen molar-refractivity contribution < 1.29 is 4.79 Å². The zero-order chi connectivity index (χ0) is 15.2. The largest absolute Gasteiger partial charge is 0.353 e. The summed E-state index contributed by atoms with van der Waals surface area (Å²) >= 11 is 0. The Labute approximate surface area is 136 Å². The predicted molar refractivity (Wildman–Crippen MR) is 90.7 cm³/mol. The quantitative estimate of drug-likeness (QED) is 0.751. The zero-order valence-corrected chi connectivity index (χ0v) is 14.1. The van der Waals surface area contributed by atoms with Crippen LogP contribution >= 0.6 is 0 Å². The average molecular weight is 306 g/mol. The van der Waals surface area contributed by atoms with Crippen LogP contribution in [0, 0.1) is 11.8 Å². The van der Waals surface area contributed by atoms with Crippen molar-refractivity contribution in [1.82, 2.24) is 10.6 Å². The molecule has 3 fully saturated rings. The lowest BCUT2D eigenvalue weighted by Crippen LogP contribution is -2.52. The molecule has 0 spiro atoms. The van der Waals surface area contributed by atoms with Gasteiger partial charge in [-0.2, -0.15) is 0 Å². The van der Waals surface area contributed by atoms with Crippen LogP contribution in [0.3, 0.4) is 0 Å². The maximum Gasteiger partial charge on any atom is 0.220 e. The fourth-order valence-electron chi connectivity index (χ4n) is 4.63. The molecule has 2 N–H and O–H groups in total. The number of carbonyl (C=O) groups excluding carboxylic acids is 1. The Morgan fingerprint density at radius 3 is 2.18 bits per heavy atom. The van der Waals surface area contributed by atoms with Gasteiger partial charge in [0.2, 0.25) is 5.91 Å². The van der Waals surface area contributed by atoms with Gasteiger partial charge in [0.15, 0.2) is 0 Å². The molecule has 3 saturated carbocycles. The molecule has 0 saturated heterocycles. The second-order valence-electron chi connectivity index (χ2n) is 8.03. The highest BCUT2D eigenvalue weighted by Gasteiger charge is 2.30. The van der Waals surface area contributed by atoms with Gasteiger partial charge in [-0.25, -0.2) is 0 Å². The minimum absolute atomic E-state index is 0.307. The summed E-state index contributed by atoms with van der Waals surface area (Å²) in [5.41, 5.74) is 0. The molecular weight excluding hydrogens is 272 g/mol. The summed E-state index contributed by atoms with van der Waals surface area (Å²) in [4.78, 5) is 12.1. The highest BCUT2D eigenvalue weighted by Crippen LogP contribution is 2.28. The first kappa shape index (κ1) is 16.3. The van der Waals surface area contributed by atoms with E-state index in [0.29, 0.717) is 23.9 Å². The lowest BCUT2D eigenvalue weighted by Gasteiger charge is -2.37. The van der Waals surface area contributed by atoms with Crippen molar-refractivity contribution in [3.05, 3.63) is 0 Å². The first-order valence-corrected chi connectivity index (χ1v) is 9.82. The highest BCUT2D eigenvalue weighted by molar-refractivity contribution is 5.76. The van der Waals surface area contributed by atoms with Crippen LogP contribution in [0.15, 0.2) is 0 Å². The second kappa shape index (κ2) is 8.33. The van der Waals surface area contributed by atoms with E-state index >= 15 is 0 Å². The third-order valence-corrected chi connectivity index (χ3v) is 6.16. The Bertz CT molecular complexity index is 339. The van der Waals surface area contributed by atoms with Crippen LogP contribution in [0.4, 0.5) is 0 Å². The molecule has 3 aliphatic rings. The molecule has 0 atom stereocenters. The van der Waals surface area contributed by atoms with Crippen LogP contribution in [-0.4, -0.2) is 24.5 Å². The van der Waals surface area contributed by atoms with E-state index in [4.69, 9.17) is 0 Å². The molecule has 22 heavy (non-hydrogen) atoms. The van der Waals surface area contributed by atoms with Gasteiger partial charge in [-0.1, -0.05) is 44.9 Å². The lowest BCUT2D eigenvalue weighted by molar-refractivity contribution is -0.123. The molecule has 0 unspecified atom stereocenters. The van der Waals surface area contributed by atoms with E-state index in [2.05, 4.69) is 10.6 Å². The van der Waals surface area contributed by atoms with E-state index in [-0.39, 0.29) is 0 Å². The van der Waals surface area contributed by atoms with Gasteiger partial charge in [0.1, 0.15) is 0 Å². The summed E-state index contributed by atoms with van der Waals surface area (Å²) < 4.78 is 0. The minimum Gasteiger partial charge on any atom is -0.353 e. The topological polar surface area (TPSA) is 41.1 Å². The summed E-state index contributed by atoms with van der Waals surface area (Å²) in [5.74, 6) is 1.95. The smallest absolute Gasteiger partial charge is 0.220 e. The van der Waals surface area contributed by atoms with E-state index in [1.165, 1.54) is 70.8 Å². The fourth-order valence-corrected chi connectivity index (χ4v) is 4.63. The first-order valence-electron chi connectivity index (χ1n) is 9.82. The maximum atomic E-state index is 12.1. The van der Waals surface area contributed by atoms with E-state index < -0.39 is 0 Å². The Hall–Kier alpha value is -0.570. The number of hydrogen-bond donors (Lipinski definition) is 2. The van der Waals surface area contributed by atoms with Crippen LogP contribution in [-0.2, 0) is 4.79 Å².